The number of rotatable bonds is 14. The number of ether oxygens (including phenoxy) is 2. The van der Waals surface area contributed by atoms with Gasteiger partial charge in [-0.3, -0.25) is 0 Å². The lowest BCUT2D eigenvalue weighted by atomic mass is 9.95. The van der Waals surface area contributed by atoms with E-state index in [4.69, 9.17) is 9.47 Å². The zero-order chi connectivity index (χ0) is 52.5. The molecule has 2 N–H and O–H groups in total. The summed E-state index contributed by atoms with van der Waals surface area (Å²) in [4.78, 5) is 17.7. The molecule has 10 aromatic rings. The number of carbonyl (C=O) groups excluding carboxylic acids is 1. The monoisotopic (exact) mass is 992 g/mol. The maximum absolute atomic E-state index is 13.3. The van der Waals surface area contributed by atoms with Crippen molar-refractivity contribution in [3.05, 3.63) is 298 Å². The molecule has 0 radical (unpaired) electrons. The zero-order valence-corrected chi connectivity index (χ0v) is 42.8. The van der Waals surface area contributed by atoms with E-state index in [2.05, 4.69) is 195 Å². The Hall–Kier alpha value is -9.85. The molecular weight excluding hydrogens is 937 g/mol. The standard InChI is InChI=1S/C69H56N2O5/c1-47-5-25-57(26-6-47)70(58-27-7-48(2)8-28-58)61-33-13-51(14-34-61)45-67(53-17-37-63(72)38-18-53)55-21-41-65(42-22-55)75-69(74)76-66-43-23-56(24-44-66)68(54-19-39-64(73)40-20-54)46-52-15-35-62(36-16-52)71(59-29-9-49(3)10-30-59)60-31-11-50(4)12-32-60/h5-46,72-73H,1-4H3. The molecule has 0 aliphatic heterocycles. The Kier molecular flexibility index (Phi) is 14.7. The van der Waals surface area contributed by atoms with Gasteiger partial charge in [-0.1, -0.05) is 144 Å². The van der Waals surface area contributed by atoms with Crippen molar-refractivity contribution >= 4 is 63.6 Å². The summed E-state index contributed by atoms with van der Waals surface area (Å²) in [7, 11) is 0. The van der Waals surface area contributed by atoms with Crippen LogP contribution in [0.4, 0.5) is 38.9 Å². The maximum Gasteiger partial charge on any atom is 0.519 e. The van der Waals surface area contributed by atoms with E-state index >= 15 is 0 Å². The van der Waals surface area contributed by atoms with Gasteiger partial charge in [0.1, 0.15) is 23.0 Å². The summed E-state index contributed by atoms with van der Waals surface area (Å²) in [6, 6.07) is 79.7. The average molecular weight is 993 g/mol. The van der Waals surface area contributed by atoms with Crippen molar-refractivity contribution in [1.29, 1.82) is 0 Å². The van der Waals surface area contributed by atoms with Crippen molar-refractivity contribution in [2.45, 2.75) is 27.7 Å². The van der Waals surface area contributed by atoms with Crippen LogP contribution < -0.4 is 19.3 Å². The number of nitrogens with zero attached hydrogens (tertiary/aromatic N) is 2. The molecule has 0 aromatic heterocycles. The van der Waals surface area contributed by atoms with Crippen LogP contribution in [0, 0.1) is 27.7 Å². The third-order valence-electron chi connectivity index (χ3n) is 13.2. The topological polar surface area (TPSA) is 82.5 Å². The van der Waals surface area contributed by atoms with Gasteiger partial charge in [-0.05, 0) is 206 Å². The largest absolute Gasteiger partial charge is 0.519 e. The minimum absolute atomic E-state index is 0.174. The first kappa shape index (κ1) is 49.7. The summed E-state index contributed by atoms with van der Waals surface area (Å²) in [5, 5.41) is 20.3. The highest BCUT2D eigenvalue weighted by Crippen LogP contribution is 2.38. The molecule has 0 aliphatic carbocycles. The van der Waals surface area contributed by atoms with Crippen molar-refractivity contribution in [2.24, 2.45) is 0 Å². The van der Waals surface area contributed by atoms with Crippen molar-refractivity contribution in [2.75, 3.05) is 9.80 Å². The molecule has 0 amide bonds. The molecule has 0 spiro atoms. The third kappa shape index (κ3) is 12.0. The van der Waals surface area contributed by atoms with Crippen LogP contribution in [-0.2, 0) is 0 Å². The van der Waals surface area contributed by atoms with Crippen LogP contribution in [0.15, 0.2) is 243 Å². The average Bonchev–Trinajstić information content (AvgIpc) is 3.44. The van der Waals surface area contributed by atoms with E-state index in [1.807, 2.05) is 48.5 Å². The highest BCUT2D eigenvalue weighted by molar-refractivity contribution is 5.93. The summed E-state index contributed by atoms with van der Waals surface area (Å²) in [5.74, 6) is 0.980. The fourth-order valence-electron chi connectivity index (χ4n) is 9.01. The quantitative estimate of drug-likeness (QED) is 0.0638. The number of aromatic hydroxyl groups is 2. The Balaban J connectivity index is 0.854. The van der Waals surface area contributed by atoms with Crippen LogP contribution in [0.3, 0.4) is 0 Å². The third-order valence-corrected chi connectivity index (χ3v) is 13.2. The molecule has 7 heteroatoms. The van der Waals surface area contributed by atoms with Gasteiger partial charge in [0.25, 0.3) is 0 Å². The van der Waals surface area contributed by atoms with Crippen LogP contribution in [-0.4, -0.2) is 16.4 Å². The summed E-state index contributed by atoms with van der Waals surface area (Å²) in [5.41, 5.74) is 18.4. The molecule has 7 nitrogen and oxygen atoms in total. The molecule has 372 valence electrons. The van der Waals surface area contributed by atoms with Gasteiger partial charge in [-0.2, -0.15) is 0 Å². The lowest BCUT2D eigenvalue weighted by Gasteiger charge is -2.26. The van der Waals surface area contributed by atoms with Gasteiger partial charge in [-0.15, -0.1) is 0 Å². The lowest BCUT2D eigenvalue weighted by Crippen LogP contribution is -2.13. The predicted octanol–water partition coefficient (Wildman–Crippen LogP) is 18.0. The number of hydrogen-bond donors (Lipinski definition) is 2. The van der Waals surface area contributed by atoms with E-state index in [-0.39, 0.29) is 11.5 Å². The number of phenols is 2. The van der Waals surface area contributed by atoms with Crippen molar-refractivity contribution in [1.82, 2.24) is 0 Å². The van der Waals surface area contributed by atoms with Crippen molar-refractivity contribution in [3.63, 3.8) is 0 Å². The second kappa shape index (κ2) is 22.5. The summed E-state index contributed by atoms with van der Waals surface area (Å²) >= 11 is 0. The highest BCUT2D eigenvalue weighted by Gasteiger charge is 2.17. The Morgan fingerprint density at radius 2 is 0.539 bits per heavy atom. The zero-order valence-electron chi connectivity index (χ0n) is 42.8. The SMILES string of the molecule is Cc1ccc(N(c2ccc(C)cc2)c2ccc(C=C(c3ccc(O)cc3)c3ccc(OC(=O)Oc4ccc(C(=Cc5ccc(N(c6ccc(C)cc6)c6ccc(C)cc6)cc5)c5ccc(O)cc5)cc4)cc3)cc2)cc1. The number of carbonyl (C=O) groups is 1. The minimum atomic E-state index is -0.875. The Labute approximate surface area is 444 Å². The second-order valence-corrected chi connectivity index (χ2v) is 18.9. The van der Waals surface area contributed by atoms with Crippen LogP contribution >= 0.6 is 0 Å². The van der Waals surface area contributed by atoms with E-state index in [0.29, 0.717) is 11.5 Å². The van der Waals surface area contributed by atoms with Gasteiger partial charge in [0.2, 0.25) is 0 Å². The Morgan fingerprint density at radius 1 is 0.316 bits per heavy atom. The molecule has 10 rings (SSSR count). The smallest absolute Gasteiger partial charge is 0.508 e. The molecule has 0 saturated carbocycles. The highest BCUT2D eigenvalue weighted by atomic mass is 16.7. The lowest BCUT2D eigenvalue weighted by molar-refractivity contribution is 0.152. The molecule has 0 bridgehead atoms. The fourth-order valence-corrected chi connectivity index (χ4v) is 9.01. The molecule has 0 saturated heterocycles. The number of hydrogen-bond acceptors (Lipinski definition) is 7. The second-order valence-electron chi connectivity index (χ2n) is 18.9. The number of phenolic OH excluding ortho intramolecular Hbond substituents is 2. The van der Waals surface area contributed by atoms with Crippen molar-refractivity contribution < 1.29 is 24.5 Å². The fraction of sp³-hybridized carbons (Fsp3) is 0.0580. The molecule has 0 fully saturated rings. The molecule has 76 heavy (non-hydrogen) atoms. The Bertz CT molecular complexity index is 3290. The molecular formula is C69H56N2O5. The normalized spacial score (nSPS) is 11.5. The summed E-state index contributed by atoms with van der Waals surface area (Å²) < 4.78 is 11.4. The van der Waals surface area contributed by atoms with Gasteiger partial charge in [-0.25, -0.2) is 4.79 Å². The van der Waals surface area contributed by atoms with E-state index in [0.717, 1.165) is 78.7 Å². The Morgan fingerprint density at radius 3 is 0.789 bits per heavy atom. The molecule has 0 atom stereocenters. The van der Waals surface area contributed by atoms with E-state index < -0.39 is 6.16 Å². The first-order valence-corrected chi connectivity index (χ1v) is 25.2. The minimum Gasteiger partial charge on any atom is -0.508 e. The summed E-state index contributed by atoms with van der Waals surface area (Å²) in [6.45, 7) is 8.36. The maximum atomic E-state index is 13.3. The van der Waals surface area contributed by atoms with Gasteiger partial charge in [0, 0.05) is 34.1 Å². The van der Waals surface area contributed by atoms with Gasteiger partial charge in [0.15, 0.2) is 0 Å². The van der Waals surface area contributed by atoms with Crippen molar-refractivity contribution in [3.8, 4) is 23.0 Å². The number of anilines is 6. The summed E-state index contributed by atoms with van der Waals surface area (Å²) in [6.07, 6.45) is 3.34. The van der Waals surface area contributed by atoms with Gasteiger partial charge >= 0.3 is 6.16 Å². The first-order valence-electron chi connectivity index (χ1n) is 25.2. The molecule has 0 heterocycles. The first-order chi connectivity index (χ1) is 37.0. The van der Waals surface area contributed by atoms with E-state index in [1.54, 1.807) is 48.5 Å². The van der Waals surface area contributed by atoms with E-state index in [1.165, 1.54) is 22.3 Å². The number of benzene rings is 10. The van der Waals surface area contributed by atoms with Gasteiger partial charge in [0.05, 0.1) is 0 Å². The van der Waals surface area contributed by atoms with Crippen LogP contribution in [0.2, 0.25) is 0 Å². The predicted molar refractivity (Wildman–Crippen MR) is 311 cm³/mol. The molecule has 10 aromatic carbocycles. The van der Waals surface area contributed by atoms with Crippen LogP contribution in [0.5, 0.6) is 23.0 Å². The van der Waals surface area contributed by atoms with E-state index in [9.17, 15) is 15.0 Å². The molecule has 0 aliphatic rings. The van der Waals surface area contributed by atoms with Gasteiger partial charge < -0.3 is 29.5 Å². The molecule has 0 unspecified atom stereocenters. The number of aryl methyl sites for hydroxylation is 4. The van der Waals surface area contributed by atoms with Crippen LogP contribution in [0.25, 0.3) is 23.3 Å². The van der Waals surface area contributed by atoms with Crippen LogP contribution in [0.1, 0.15) is 55.6 Å².